The Labute approximate surface area is 120 Å². The van der Waals surface area contributed by atoms with Crippen LogP contribution in [0.25, 0.3) is 0 Å². The summed E-state index contributed by atoms with van der Waals surface area (Å²) in [5.74, 6) is 0.971. The lowest BCUT2D eigenvalue weighted by Gasteiger charge is -2.17. The molecule has 1 fully saturated rings. The van der Waals surface area contributed by atoms with Crippen molar-refractivity contribution in [2.45, 2.75) is 26.7 Å². The third-order valence-corrected chi connectivity index (χ3v) is 3.83. The molecule has 0 saturated carbocycles. The molecule has 0 spiro atoms. The fraction of sp³-hybridized carbons (Fsp3) is 0.533. The summed E-state index contributed by atoms with van der Waals surface area (Å²) in [4.78, 5) is 2.89. The van der Waals surface area contributed by atoms with Crippen LogP contribution in [0.5, 0.6) is 5.75 Å². The first-order valence-electron chi connectivity index (χ1n) is 6.84. The van der Waals surface area contributed by atoms with Gasteiger partial charge < -0.3 is 10.5 Å². The molecule has 0 atom stereocenters. The quantitative estimate of drug-likeness (QED) is 0.840. The van der Waals surface area contributed by atoms with E-state index in [1.807, 2.05) is 26.0 Å². The van der Waals surface area contributed by atoms with Crippen LogP contribution in [0, 0.1) is 13.8 Å². The number of hydrogen-bond acceptors (Lipinski definition) is 3. The third-order valence-electron chi connectivity index (χ3n) is 3.60. The largest absolute Gasteiger partial charge is 0.492 e. The van der Waals surface area contributed by atoms with Crippen molar-refractivity contribution in [1.82, 2.24) is 4.90 Å². The average Bonchev–Trinajstić information content (AvgIpc) is 2.85. The molecule has 4 heteroatoms. The maximum atomic E-state index is 5.94. The fourth-order valence-electron chi connectivity index (χ4n) is 2.60. The van der Waals surface area contributed by atoms with Gasteiger partial charge in [0, 0.05) is 12.1 Å². The van der Waals surface area contributed by atoms with E-state index < -0.39 is 0 Å². The van der Waals surface area contributed by atoms with E-state index in [0.717, 1.165) is 35.6 Å². The number of ether oxygens (including phenoxy) is 1. The van der Waals surface area contributed by atoms with Crippen molar-refractivity contribution < 1.29 is 4.74 Å². The van der Waals surface area contributed by atoms with Gasteiger partial charge in [0.25, 0.3) is 0 Å². The highest BCUT2D eigenvalue weighted by Crippen LogP contribution is 2.25. The monoisotopic (exact) mass is 278 g/mol. The van der Waals surface area contributed by atoms with Crippen molar-refractivity contribution in [3.05, 3.63) is 28.8 Å². The Morgan fingerprint density at radius 3 is 2.37 bits per heavy atom. The van der Waals surface area contributed by atoms with E-state index in [4.69, 9.17) is 22.7 Å². The van der Waals surface area contributed by atoms with E-state index in [9.17, 15) is 0 Å². The summed E-state index contributed by atoms with van der Waals surface area (Å²) >= 11 is 5.01. The fourth-order valence-corrected chi connectivity index (χ4v) is 2.72. The van der Waals surface area contributed by atoms with E-state index in [1.165, 1.54) is 25.9 Å². The number of aryl methyl sites for hydroxylation is 2. The summed E-state index contributed by atoms with van der Waals surface area (Å²) in [6.07, 6.45) is 2.64. The Bertz CT molecular complexity index is 444. The van der Waals surface area contributed by atoms with Crippen LogP contribution in [0.2, 0.25) is 0 Å². The van der Waals surface area contributed by atoms with Crippen LogP contribution >= 0.6 is 12.2 Å². The third kappa shape index (κ3) is 3.67. The van der Waals surface area contributed by atoms with Crippen molar-refractivity contribution in [3.63, 3.8) is 0 Å². The van der Waals surface area contributed by atoms with E-state index in [0.29, 0.717) is 4.99 Å². The Kier molecular flexibility index (Phi) is 4.77. The first kappa shape index (κ1) is 14.3. The summed E-state index contributed by atoms with van der Waals surface area (Å²) < 4.78 is 5.94. The van der Waals surface area contributed by atoms with E-state index in [-0.39, 0.29) is 0 Å². The summed E-state index contributed by atoms with van der Waals surface area (Å²) in [6.45, 7) is 8.26. The molecule has 2 rings (SSSR count). The number of likely N-dealkylation sites (tertiary alicyclic amines) is 1. The number of thiocarbonyl (C=S) groups is 1. The zero-order chi connectivity index (χ0) is 13.8. The molecule has 1 aliphatic rings. The molecule has 0 bridgehead atoms. The zero-order valence-electron chi connectivity index (χ0n) is 11.7. The van der Waals surface area contributed by atoms with Crippen LogP contribution < -0.4 is 10.5 Å². The average molecular weight is 278 g/mol. The van der Waals surface area contributed by atoms with Crippen LogP contribution in [0.4, 0.5) is 0 Å². The lowest BCUT2D eigenvalue weighted by molar-refractivity contribution is 0.236. The number of hydrogen-bond donors (Lipinski definition) is 1. The molecule has 1 aromatic carbocycles. The van der Waals surface area contributed by atoms with Crippen LogP contribution in [-0.2, 0) is 0 Å². The van der Waals surface area contributed by atoms with Gasteiger partial charge in [0.2, 0.25) is 0 Å². The van der Waals surface area contributed by atoms with Gasteiger partial charge in [-0.2, -0.15) is 0 Å². The predicted molar refractivity (Wildman–Crippen MR) is 83.0 cm³/mol. The Morgan fingerprint density at radius 2 is 1.84 bits per heavy atom. The molecule has 3 nitrogen and oxygen atoms in total. The van der Waals surface area contributed by atoms with Crippen molar-refractivity contribution in [3.8, 4) is 5.75 Å². The lowest BCUT2D eigenvalue weighted by Crippen LogP contribution is -2.25. The molecule has 0 amide bonds. The molecule has 104 valence electrons. The van der Waals surface area contributed by atoms with Crippen molar-refractivity contribution in [2.75, 3.05) is 26.2 Å². The number of nitrogens with two attached hydrogens (primary N) is 1. The highest BCUT2D eigenvalue weighted by Gasteiger charge is 2.12. The highest BCUT2D eigenvalue weighted by atomic mass is 32.1. The minimum atomic E-state index is 0.440. The minimum Gasteiger partial charge on any atom is -0.492 e. The van der Waals surface area contributed by atoms with Crippen LogP contribution in [0.1, 0.15) is 29.5 Å². The minimum absolute atomic E-state index is 0.440. The molecule has 1 aromatic rings. The van der Waals surface area contributed by atoms with Gasteiger partial charge in [0.05, 0.1) is 0 Å². The summed E-state index contributed by atoms with van der Waals surface area (Å²) in [7, 11) is 0. The van der Waals surface area contributed by atoms with Gasteiger partial charge in [-0.3, -0.25) is 4.90 Å². The number of nitrogens with zero attached hydrogens (tertiary/aromatic N) is 1. The molecule has 1 heterocycles. The molecule has 19 heavy (non-hydrogen) atoms. The molecule has 0 aliphatic carbocycles. The van der Waals surface area contributed by atoms with E-state index in [1.54, 1.807) is 0 Å². The molecule has 0 unspecified atom stereocenters. The summed E-state index contributed by atoms with van der Waals surface area (Å²) in [6, 6.07) is 4.00. The van der Waals surface area contributed by atoms with Gasteiger partial charge >= 0.3 is 0 Å². The topological polar surface area (TPSA) is 38.5 Å². The normalized spacial score (nSPS) is 15.7. The smallest absolute Gasteiger partial charge is 0.125 e. The second-order valence-electron chi connectivity index (χ2n) is 5.20. The molecule has 2 N–H and O–H groups in total. The van der Waals surface area contributed by atoms with Gasteiger partial charge in [-0.25, -0.2) is 0 Å². The van der Waals surface area contributed by atoms with Crippen LogP contribution in [0.3, 0.4) is 0 Å². The van der Waals surface area contributed by atoms with E-state index in [2.05, 4.69) is 4.90 Å². The molecule has 0 radical (unpaired) electrons. The second-order valence-corrected chi connectivity index (χ2v) is 5.64. The first-order valence-corrected chi connectivity index (χ1v) is 7.25. The maximum absolute atomic E-state index is 5.94. The van der Waals surface area contributed by atoms with Gasteiger partial charge in [-0.05, 0) is 63.0 Å². The highest BCUT2D eigenvalue weighted by molar-refractivity contribution is 7.80. The SMILES string of the molecule is Cc1cc(C(N)=S)cc(C)c1OCCN1CCCC1. The van der Waals surface area contributed by atoms with Gasteiger partial charge in [0.1, 0.15) is 17.3 Å². The van der Waals surface area contributed by atoms with Crippen LogP contribution in [-0.4, -0.2) is 36.1 Å². The maximum Gasteiger partial charge on any atom is 0.125 e. The Hall–Kier alpha value is -1.13. The Balaban J connectivity index is 1.97. The summed E-state index contributed by atoms with van der Waals surface area (Å²) in [5.41, 5.74) is 8.78. The van der Waals surface area contributed by atoms with Gasteiger partial charge in [-0.1, -0.05) is 12.2 Å². The van der Waals surface area contributed by atoms with E-state index >= 15 is 0 Å². The van der Waals surface area contributed by atoms with Gasteiger partial charge in [0.15, 0.2) is 0 Å². The second kappa shape index (κ2) is 6.35. The number of rotatable bonds is 5. The first-order chi connectivity index (χ1) is 9.08. The van der Waals surface area contributed by atoms with Crippen molar-refractivity contribution in [1.29, 1.82) is 0 Å². The molecule has 1 saturated heterocycles. The summed E-state index contributed by atoms with van der Waals surface area (Å²) in [5, 5.41) is 0. The lowest BCUT2D eigenvalue weighted by atomic mass is 10.1. The molecular weight excluding hydrogens is 256 g/mol. The molecule has 0 aromatic heterocycles. The predicted octanol–water partition coefficient (Wildman–Crippen LogP) is 2.41. The molecular formula is C15H22N2OS. The zero-order valence-corrected chi connectivity index (χ0v) is 12.6. The molecule has 1 aliphatic heterocycles. The number of benzene rings is 1. The van der Waals surface area contributed by atoms with Crippen LogP contribution in [0.15, 0.2) is 12.1 Å². The van der Waals surface area contributed by atoms with Crippen molar-refractivity contribution in [2.24, 2.45) is 5.73 Å². The van der Waals surface area contributed by atoms with Crippen molar-refractivity contribution >= 4 is 17.2 Å². The standard InChI is InChI=1S/C15H22N2OS/c1-11-9-13(15(16)19)10-12(2)14(11)18-8-7-17-5-3-4-6-17/h9-10H,3-8H2,1-2H3,(H2,16,19). The van der Waals surface area contributed by atoms with Gasteiger partial charge in [-0.15, -0.1) is 0 Å². The Morgan fingerprint density at radius 1 is 1.26 bits per heavy atom.